The quantitative estimate of drug-likeness (QED) is 0.768. The molecule has 1 aromatic carbocycles. The molecule has 0 aromatic heterocycles. The van der Waals surface area contributed by atoms with Gasteiger partial charge in [0.2, 0.25) is 0 Å². The zero-order valence-corrected chi connectivity index (χ0v) is 9.21. The van der Waals surface area contributed by atoms with Crippen molar-refractivity contribution >= 4 is 9.84 Å². The van der Waals surface area contributed by atoms with Crippen LogP contribution in [0.5, 0.6) is 0 Å². The van der Waals surface area contributed by atoms with Crippen molar-refractivity contribution in [3.63, 3.8) is 0 Å². The normalized spacial score (nSPS) is 11.6. The Hall–Kier alpha value is -1.09. The van der Waals surface area contributed by atoms with Gasteiger partial charge in [-0.1, -0.05) is 38.6 Å². The third kappa shape index (κ3) is 2.04. The number of rotatable bonds is 3. The van der Waals surface area contributed by atoms with Crippen molar-refractivity contribution in [3.8, 4) is 0 Å². The molecule has 0 amide bonds. The Labute approximate surface area is 85.2 Å². The van der Waals surface area contributed by atoms with Gasteiger partial charge in [0.25, 0.3) is 0 Å². The zero-order valence-electron chi connectivity index (χ0n) is 8.40. The van der Waals surface area contributed by atoms with Crippen LogP contribution in [-0.4, -0.2) is 8.42 Å². The third-order valence-corrected chi connectivity index (χ3v) is 3.49. The summed E-state index contributed by atoms with van der Waals surface area (Å²) < 4.78 is 23.2. The molecule has 0 bridgehead atoms. The van der Waals surface area contributed by atoms with E-state index < -0.39 is 9.84 Å². The summed E-state index contributed by atoms with van der Waals surface area (Å²) in [4.78, 5) is 0.366. The largest absolute Gasteiger partial charge is 0.219 e. The van der Waals surface area contributed by atoms with Gasteiger partial charge < -0.3 is 0 Å². The van der Waals surface area contributed by atoms with E-state index in [1.54, 1.807) is 12.1 Å². The number of hydrogen-bond acceptors (Lipinski definition) is 2. The van der Waals surface area contributed by atoms with Gasteiger partial charge in [-0.3, -0.25) is 0 Å². The molecule has 0 spiro atoms. The van der Waals surface area contributed by atoms with E-state index in [0.29, 0.717) is 4.90 Å². The molecule has 14 heavy (non-hydrogen) atoms. The molecule has 0 radical (unpaired) electrons. The molecule has 0 unspecified atom stereocenters. The average Bonchev–Trinajstić information content (AvgIpc) is 2.18. The third-order valence-electron chi connectivity index (χ3n) is 2.07. The van der Waals surface area contributed by atoms with E-state index in [2.05, 4.69) is 6.58 Å². The molecule has 2 nitrogen and oxygen atoms in total. The second-order valence-corrected chi connectivity index (χ2v) is 5.27. The summed E-state index contributed by atoms with van der Waals surface area (Å²) in [6, 6.07) is 7.02. The van der Waals surface area contributed by atoms with Gasteiger partial charge in [-0.15, -0.1) is 0 Å². The lowest BCUT2D eigenvalue weighted by atomic mass is 10.0. The van der Waals surface area contributed by atoms with E-state index in [0.717, 1.165) is 11.0 Å². The monoisotopic (exact) mass is 210 g/mol. The molecular weight excluding hydrogens is 196 g/mol. The molecule has 0 saturated heterocycles. The second kappa shape index (κ2) is 3.96. The number of hydrogen-bond donors (Lipinski definition) is 0. The Balaban J connectivity index is 3.42. The molecule has 0 fully saturated rings. The van der Waals surface area contributed by atoms with Crippen LogP contribution in [0.15, 0.2) is 41.1 Å². The van der Waals surface area contributed by atoms with Crippen LogP contribution in [0.3, 0.4) is 0 Å². The minimum atomic E-state index is -3.31. The van der Waals surface area contributed by atoms with E-state index in [9.17, 15) is 8.42 Å². The smallest absolute Gasteiger partial charge is 0.199 e. The van der Waals surface area contributed by atoms with Crippen LogP contribution < -0.4 is 0 Å². The molecule has 0 aliphatic heterocycles. The first-order valence-electron chi connectivity index (χ1n) is 4.45. The van der Waals surface area contributed by atoms with Crippen molar-refractivity contribution in [1.82, 2.24) is 0 Å². The van der Waals surface area contributed by atoms with E-state index in [-0.39, 0.29) is 5.92 Å². The highest BCUT2D eigenvalue weighted by atomic mass is 32.2. The molecule has 1 rings (SSSR count). The van der Waals surface area contributed by atoms with Gasteiger partial charge in [-0.25, -0.2) is 8.42 Å². The number of sulfone groups is 1. The van der Waals surface area contributed by atoms with Crippen LogP contribution in [0, 0.1) is 0 Å². The molecule has 0 N–H and O–H groups in total. The van der Waals surface area contributed by atoms with Gasteiger partial charge in [0.1, 0.15) is 0 Å². The Morgan fingerprint density at radius 2 is 1.86 bits per heavy atom. The van der Waals surface area contributed by atoms with Crippen molar-refractivity contribution in [2.45, 2.75) is 24.7 Å². The van der Waals surface area contributed by atoms with Gasteiger partial charge in [-0.05, 0) is 17.5 Å². The Kier molecular flexibility index (Phi) is 3.11. The summed E-state index contributed by atoms with van der Waals surface area (Å²) in [5.41, 5.74) is 0.840. The second-order valence-electron chi connectivity index (χ2n) is 3.40. The van der Waals surface area contributed by atoms with Crippen LogP contribution >= 0.6 is 0 Å². The average molecular weight is 210 g/mol. The first-order valence-corrected chi connectivity index (χ1v) is 6.00. The maximum atomic E-state index is 11.6. The highest BCUT2D eigenvalue weighted by molar-refractivity contribution is 7.94. The van der Waals surface area contributed by atoms with E-state index in [4.69, 9.17) is 0 Å². The fourth-order valence-electron chi connectivity index (χ4n) is 1.31. The Morgan fingerprint density at radius 3 is 2.36 bits per heavy atom. The van der Waals surface area contributed by atoms with Crippen LogP contribution in [0.1, 0.15) is 25.3 Å². The molecule has 0 atom stereocenters. The summed E-state index contributed by atoms with van der Waals surface area (Å²) in [5.74, 6) is 0.195. The molecule has 0 aliphatic rings. The van der Waals surface area contributed by atoms with Gasteiger partial charge in [0, 0.05) is 5.41 Å². The molecule has 1 aromatic rings. The first kappa shape index (κ1) is 11.0. The van der Waals surface area contributed by atoms with Crippen molar-refractivity contribution in [3.05, 3.63) is 41.8 Å². The summed E-state index contributed by atoms with van der Waals surface area (Å²) in [7, 11) is -3.31. The molecule has 3 heteroatoms. The van der Waals surface area contributed by atoms with Crippen molar-refractivity contribution in [2.24, 2.45) is 0 Å². The maximum absolute atomic E-state index is 11.6. The van der Waals surface area contributed by atoms with Crippen molar-refractivity contribution < 1.29 is 8.42 Å². The minimum Gasteiger partial charge on any atom is -0.219 e. The molecule has 76 valence electrons. The summed E-state index contributed by atoms with van der Waals surface area (Å²) >= 11 is 0. The first-order chi connectivity index (χ1) is 6.49. The predicted molar refractivity (Wildman–Crippen MR) is 57.9 cm³/mol. The highest BCUT2D eigenvalue weighted by Gasteiger charge is 2.15. The standard InChI is InChI=1S/C11H14O2S/c1-4-14(12,13)11-8-6-5-7-10(11)9(2)3/h4-9H,1H2,2-3H3. The van der Waals surface area contributed by atoms with E-state index >= 15 is 0 Å². The molecule has 0 aliphatic carbocycles. The Morgan fingerprint density at radius 1 is 1.29 bits per heavy atom. The topological polar surface area (TPSA) is 34.1 Å². The Bertz CT molecular complexity index is 430. The highest BCUT2D eigenvalue weighted by Crippen LogP contribution is 2.24. The number of benzene rings is 1. The summed E-state index contributed by atoms with van der Waals surface area (Å²) in [6.45, 7) is 7.26. The molecule has 0 heterocycles. The molecule has 0 saturated carbocycles. The van der Waals surface area contributed by atoms with E-state index in [1.165, 1.54) is 0 Å². The molecular formula is C11H14O2S. The fourth-order valence-corrected chi connectivity index (χ4v) is 2.39. The summed E-state index contributed by atoms with van der Waals surface area (Å²) in [5, 5.41) is 0.994. The zero-order chi connectivity index (χ0) is 10.8. The van der Waals surface area contributed by atoms with Crippen molar-refractivity contribution in [2.75, 3.05) is 0 Å². The summed E-state index contributed by atoms with van der Waals surface area (Å²) in [6.07, 6.45) is 0. The van der Waals surface area contributed by atoms with E-state index in [1.807, 2.05) is 26.0 Å². The lowest BCUT2D eigenvalue weighted by Crippen LogP contribution is -2.02. The van der Waals surface area contributed by atoms with Crippen LogP contribution in [-0.2, 0) is 9.84 Å². The van der Waals surface area contributed by atoms with Crippen molar-refractivity contribution in [1.29, 1.82) is 0 Å². The van der Waals surface area contributed by atoms with Gasteiger partial charge in [0.15, 0.2) is 9.84 Å². The maximum Gasteiger partial charge on any atom is 0.199 e. The van der Waals surface area contributed by atoms with Crippen LogP contribution in [0.4, 0.5) is 0 Å². The van der Waals surface area contributed by atoms with Gasteiger partial charge in [-0.2, -0.15) is 0 Å². The van der Waals surface area contributed by atoms with Crippen LogP contribution in [0.25, 0.3) is 0 Å². The fraction of sp³-hybridized carbons (Fsp3) is 0.273. The lowest BCUT2D eigenvalue weighted by Gasteiger charge is -2.10. The predicted octanol–water partition coefficient (Wildman–Crippen LogP) is 2.73. The SMILES string of the molecule is C=CS(=O)(=O)c1ccccc1C(C)C. The minimum absolute atomic E-state index is 0.195. The van der Waals surface area contributed by atoms with Gasteiger partial charge in [0.05, 0.1) is 4.90 Å². The lowest BCUT2D eigenvalue weighted by molar-refractivity contribution is 0.602. The van der Waals surface area contributed by atoms with Gasteiger partial charge >= 0.3 is 0 Å². The van der Waals surface area contributed by atoms with Crippen LogP contribution in [0.2, 0.25) is 0 Å².